The Morgan fingerprint density at radius 1 is 1.35 bits per heavy atom. The molecule has 0 radical (unpaired) electrons. The highest BCUT2D eigenvalue weighted by Gasteiger charge is 2.39. The van der Waals surface area contributed by atoms with Gasteiger partial charge in [0.15, 0.2) is 0 Å². The van der Waals surface area contributed by atoms with Gasteiger partial charge in [-0.25, -0.2) is 0 Å². The van der Waals surface area contributed by atoms with Crippen molar-refractivity contribution in [2.45, 2.75) is 39.2 Å². The minimum atomic E-state index is -0.321. The molecule has 0 saturated heterocycles. The summed E-state index contributed by atoms with van der Waals surface area (Å²) in [7, 11) is 0. The molecule has 1 aromatic rings. The summed E-state index contributed by atoms with van der Waals surface area (Å²) in [5.41, 5.74) is 7.48. The van der Waals surface area contributed by atoms with Gasteiger partial charge >= 0.3 is 0 Å². The van der Waals surface area contributed by atoms with Gasteiger partial charge in [-0.2, -0.15) is 0 Å². The maximum absolute atomic E-state index is 12.2. The highest BCUT2D eigenvalue weighted by atomic mass is 35.5. The van der Waals surface area contributed by atoms with Crippen molar-refractivity contribution in [1.29, 1.82) is 0 Å². The van der Waals surface area contributed by atoms with Crippen molar-refractivity contribution < 1.29 is 4.79 Å². The van der Waals surface area contributed by atoms with E-state index in [0.29, 0.717) is 13.1 Å². The monoisotopic (exact) mass is 319 g/mol. The quantitative estimate of drug-likeness (QED) is 0.895. The zero-order valence-electron chi connectivity index (χ0n) is 11.7. The van der Waals surface area contributed by atoms with Gasteiger partial charge in [0.05, 0.1) is 5.41 Å². The van der Waals surface area contributed by atoms with E-state index in [9.17, 15) is 4.79 Å². The Morgan fingerprint density at radius 2 is 2.00 bits per heavy atom. The van der Waals surface area contributed by atoms with Gasteiger partial charge in [0.25, 0.3) is 0 Å². The summed E-state index contributed by atoms with van der Waals surface area (Å²) in [6, 6.07) is 3.95. The van der Waals surface area contributed by atoms with Gasteiger partial charge in [-0.15, -0.1) is 24.8 Å². The summed E-state index contributed by atoms with van der Waals surface area (Å²) in [4.78, 5) is 16.4. The van der Waals surface area contributed by atoms with Gasteiger partial charge in [-0.05, 0) is 31.4 Å². The van der Waals surface area contributed by atoms with Gasteiger partial charge in [0.2, 0.25) is 5.91 Å². The molecule has 0 spiro atoms. The van der Waals surface area contributed by atoms with Crippen molar-refractivity contribution in [1.82, 2.24) is 10.3 Å². The van der Waals surface area contributed by atoms with E-state index in [1.165, 1.54) is 0 Å². The zero-order valence-corrected chi connectivity index (χ0v) is 13.4. The molecule has 1 amide bonds. The number of rotatable bonds is 4. The molecule has 0 aliphatic heterocycles. The number of carbonyl (C=O) groups excluding carboxylic acids is 1. The van der Waals surface area contributed by atoms with Gasteiger partial charge in [0.1, 0.15) is 0 Å². The number of nitrogens with one attached hydrogen (secondary N) is 1. The molecule has 1 saturated carbocycles. The summed E-state index contributed by atoms with van der Waals surface area (Å²) in [6.07, 6.45) is 5.86. The minimum absolute atomic E-state index is 0. The fourth-order valence-corrected chi connectivity index (χ4v) is 2.55. The average molecular weight is 320 g/mol. The fraction of sp³-hybridized carbons (Fsp3) is 0.571. The Labute approximate surface area is 132 Å². The predicted octanol–water partition coefficient (Wildman–Crippen LogP) is 2.37. The summed E-state index contributed by atoms with van der Waals surface area (Å²) in [6.45, 7) is 2.93. The molecule has 2 rings (SSSR count). The van der Waals surface area contributed by atoms with Crippen molar-refractivity contribution >= 4 is 30.7 Å². The van der Waals surface area contributed by atoms with E-state index in [0.717, 1.165) is 36.9 Å². The third-order valence-electron chi connectivity index (χ3n) is 3.86. The first-order valence-corrected chi connectivity index (χ1v) is 6.56. The molecule has 0 bridgehead atoms. The van der Waals surface area contributed by atoms with Crippen LogP contribution in [-0.4, -0.2) is 17.4 Å². The number of nitrogens with zero attached hydrogens (tertiary/aromatic N) is 1. The SMILES string of the molecule is Cc1ccc(CNC(=O)C2(CN)CCCC2)cn1.Cl.Cl. The van der Waals surface area contributed by atoms with Crippen LogP contribution in [0.1, 0.15) is 36.9 Å². The van der Waals surface area contributed by atoms with E-state index in [-0.39, 0.29) is 36.1 Å². The molecule has 0 unspecified atom stereocenters. The maximum Gasteiger partial charge on any atom is 0.227 e. The second-order valence-electron chi connectivity index (χ2n) is 5.18. The third kappa shape index (κ3) is 4.33. The lowest BCUT2D eigenvalue weighted by Gasteiger charge is -2.25. The van der Waals surface area contributed by atoms with Crippen molar-refractivity contribution in [2.75, 3.05) is 6.54 Å². The van der Waals surface area contributed by atoms with Crippen molar-refractivity contribution in [3.05, 3.63) is 29.6 Å². The van der Waals surface area contributed by atoms with Gasteiger partial charge in [-0.3, -0.25) is 9.78 Å². The van der Waals surface area contributed by atoms with Crippen LogP contribution in [0.25, 0.3) is 0 Å². The van der Waals surface area contributed by atoms with Crippen LogP contribution in [0.15, 0.2) is 18.3 Å². The smallest absolute Gasteiger partial charge is 0.227 e. The summed E-state index contributed by atoms with van der Waals surface area (Å²) < 4.78 is 0. The van der Waals surface area contributed by atoms with E-state index in [1.54, 1.807) is 6.20 Å². The number of aryl methyl sites for hydroxylation is 1. The minimum Gasteiger partial charge on any atom is -0.351 e. The normalized spacial score (nSPS) is 15.9. The van der Waals surface area contributed by atoms with Crippen LogP contribution in [0.5, 0.6) is 0 Å². The number of hydrogen-bond donors (Lipinski definition) is 2. The van der Waals surface area contributed by atoms with Crippen LogP contribution in [0.3, 0.4) is 0 Å². The topological polar surface area (TPSA) is 68.0 Å². The van der Waals surface area contributed by atoms with E-state index >= 15 is 0 Å². The molecular formula is C14H23Cl2N3O. The largest absolute Gasteiger partial charge is 0.351 e. The summed E-state index contributed by atoms with van der Waals surface area (Å²) >= 11 is 0. The highest BCUT2D eigenvalue weighted by molar-refractivity contribution is 5.85. The number of pyridine rings is 1. The molecule has 0 aromatic carbocycles. The zero-order chi connectivity index (χ0) is 13.0. The lowest BCUT2D eigenvalue weighted by Crippen LogP contribution is -2.43. The van der Waals surface area contributed by atoms with Crippen LogP contribution in [-0.2, 0) is 11.3 Å². The number of nitrogens with two attached hydrogens (primary N) is 1. The molecule has 4 nitrogen and oxygen atoms in total. The van der Waals surface area contributed by atoms with Gasteiger partial charge in [-0.1, -0.05) is 18.9 Å². The number of halogens is 2. The Balaban J connectivity index is 0.00000180. The molecule has 1 aliphatic rings. The van der Waals surface area contributed by atoms with Gasteiger partial charge < -0.3 is 11.1 Å². The first kappa shape index (κ1) is 19.2. The molecule has 1 fully saturated rings. The highest BCUT2D eigenvalue weighted by Crippen LogP contribution is 2.37. The molecule has 1 heterocycles. The second-order valence-corrected chi connectivity index (χ2v) is 5.18. The molecule has 1 aromatic heterocycles. The number of amides is 1. The third-order valence-corrected chi connectivity index (χ3v) is 3.86. The van der Waals surface area contributed by atoms with Crippen molar-refractivity contribution in [3.63, 3.8) is 0 Å². The molecule has 0 atom stereocenters. The maximum atomic E-state index is 12.2. The summed E-state index contributed by atoms with van der Waals surface area (Å²) in [5, 5.41) is 2.99. The fourth-order valence-electron chi connectivity index (χ4n) is 2.55. The Bertz CT molecular complexity index is 417. The van der Waals surface area contributed by atoms with Gasteiger partial charge in [0, 0.05) is 25.0 Å². The lowest BCUT2D eigenvalue weighted by atomic mass is 9.85. The molecule has 114 valence electrons. The molecule has 3 N–H and O–H groups in total. The molecule has 20 heavy (non-hydrogen) atoms. The van der Waals surface area contributed by atoms with E-state index in [4.69, 9.17) is 5.73 Å². The lowest BCUT2D eigenvalue weighted by molar-refractivity contribution is -0.130. The molecular weight excluding hydrogens is 297 g/mol. The van der Waals surface area contributed by atoms with Crippen LogP contribution in [0.4, 0.5) is 0 Å². The number of aromatic nitrogens is 1. The van der Waals surface area contributed by atoms with Crippen molar-refractivity contribution in [2.24, 2.45) is 11.1 Å². The standard InChI is InChI=1S/C14H21N3O.2ClH/c1-11-4-5-12(8-16-11)9-17-13(18)14(10-15)6-2-3-7-14;;/h4-5,8H,2-3,6-7,9-10,15H2,1H3,(H,17,18);2*1H. The first-order valence-electron chi connectivity index (χ1n) is 6.56. The van der Waals surface area contributed by atoms with Crippen LogP contribution >= 0.6 is 24.8 Å². The van der Waals surface area contributed by atoms with E-state index in [1.807, 2.05) is 19.1 Å². The molecule has 1 aliphatic carbocycles. The Kier molecular flexibility index (Phi) is 8.09. The summed E-state index contributed by atoms with van der Waals surface area (Å²) in [5.74, 6) is 0.100. The van der Waals surface area contributed by atoms with Crippen LogP contribution in [0.2, 0.25) is 0 Å². The van der Waals surface area contributed by atoms with Crippen LogP contribution in [0, 0.1) is 12.3 Å². The average Bonchev–Trinajstić information content (AvgIpc) is 2.88. The molecule has 6 heteroatoms. The van der Waals surface area contributed by atoms with Crippen LogP contribution < -0.4 is 11.1 Å². The second kappa shape index (κ2) is 8.45. The Hall–Kier alpha value is -0.840. The van der Waals surface area contributed by atoms with E-state index in [2.05, 4.69) is 10.3 Å². The van der Waals surface area contributed by atoms with Crippen molar-refractivity contribution in [3.8, 4) is 0 Å². The number of carbonyl (C=O) groups is 1. The predicted molar refractivity (Wildman–Crippen MR) is 85.3 cm³/mol. The first-order chi connectivity index (χ1) is 8.66. The Morgan fingerprint density at radius 3 is 2.50 bits per heavy atom. The number of hydrogen-bond acceptors (Lipinski definition) is 3. The van der Waals surface area contributed by atoms with E-state index < -0.39 is 0 Å².